The van der Waals surface area contributed by atoms with Crippen molar-refractivity contribution in [2.75, 3.05) is 0 Å². The highest BCUT2D eigenvalue weighted by Gasteiger charge is 2.38. The number of sulfone groups is 1. The number of Topliss-reactive ketones (excluding diaryl/α,β-unsaturated/α-hetero) is 1. The van der Waals surface area contributed by atoms with Gasteiger partial charge in [-0.25, -0.2) is 17.2 Å². The van der Waals surface area contributed by atoms with Gasteiger partial charge in [0.1, 0.15) is 17.2 Å². The summed E-state index contributed by atoms with van der Waals surface area (Å²) in [6.45, 7) is 4.72. The molecule has 0 saturated carbocycles. The summed E-state index contributed by atoms with van der Waals surface area (Å²) in [5, 5.41) is 0. The van der Waals surface area contributed by atoms with Gasteiger partial charge in [0.25, 0.3) is 0 Å². The molecule has 2 aromatic rings. The van der Waals surface area contributed by atoms with Gasteiger partial charge in [-0.3, -0.25) is 4.79 Å². The molecule has 158 valence electrons. The number of hydrogen-bond donors (Lipinski definition) is 0. The number of halogens is 5. The van der Waals surface area contributed by atoms with Crippen molar-refractivity contribution in [2.45, 2.75) is 43.9 Å². The number of carbonyl (C=O) groups excluding carboxylic acids is 1. The lowest BCUT2D eigenvalue weighted by Gasteiger charge is -2.19. The van der Waals surface area contributed by atoms with Crippen LogP contribution in [0.15, 0.2) is 36.4 Å². The summed E-state index contributed by atoms with van der Waals surface area (Å²) < 4.78 is 88.6. The molecule has 0 saturated heterocycles. The second-order valence-corrected chi connectivity index (χ2v) is 10.3. The van der Waals surface area contributed by atoms with Crippen molar-refractivity contribution < 1.29 is 35.2 Å². The molecule has 0 amide bonds. The van der Waals surface area contributed by atoms with Gasteiger partial charge >= 0.3 is 6.18 Å². The Labute approximate surface area is 165 Å². The molecule has 0 N–H and O–H groups in total. The first-order chi connectivity index (χ1) is 13.1. The third-order valence-corrected chi connectivity index (χ3v) is 6.90. The summed E-state index contributed by atoms with van der Waals surface area (Å²) in [6, 6.07) is 6.59. The highest BCUT2D eigenvalue weighted by Crippen LogP contribution is 2.34. The number of carbonyl (C=O) groups is 1. The van der Waals surface area contributed by atoms with Gasteiger partial charge in [0.15, 0.2) is 15.6 Å². The lowest BCUT2D eigenvalue weighted by Crippen LogP contribution is -2.29. The van der Waals surface area contributed by atoms with Crippen molar-refractivity contribution in [2.24, 2.45) is 0 Å². The molecular formula is C20H19F5O3S. The van der Waals surface area contributed by atoms with E-state index in [9.17, 15) is 35.2 Å². The number of hydrogen-bond acceptors (Lipinski definition) is 3. The van der Waals surface area contributed by atoms with E-state index in [-0.39, 0.29) is 16.9 Å². The van der Waals surface area contributed by atoms with Crippen molar-refractivity contribution in [3.63, 3.8) is 0 Å². The van der Waals surface area contributed by atoms with Gasteiger partial charge in [-0.1, -0.05) is 24.3 Å². The predicted octanol–water partition coefficient (Wildman–Crippen LogP) is 5.12. The average Bonchev–Trinajstić information content (AvgIpc) is 2.51. The Balaban J connectivity index is 2.18. The summed E-state index contributed by atoms with van der Waals surface area (Å²) >= 11 is 0. The van der Waals surface area contributed by atoms with Gasteiger partial charge in [-0.05, 0) is 44.0 Å². The van der Waals surface area contributed by atoms with Crippen molar-refractivity contribution >= 4 is 15.6 Å². The molecule has 3 nitrogen and oxygen atoms in total. The van der Waals surface area contributed by atoms with Crippen LogP contribution in [-0.2, 0) is 28.2 Å². The molecule has 0 heterocycles. The standard InChI is InChI=1S/C20H19F5O3S/c1-19(2,3)29(27,28)11-12-4-6-14(7-5-12)17(26)10-13-8-15(21)18(16(22)9-13)20(23,24)25/h4-9H,10-11H2,1-3H3. The highest BCUT2D eigenvalue weighted by atomic mass is 32.2. The Kier molecular flexibility index (Phi) is 6.23. The molecule has 0 aliphatic carbocycles. The molecule has 29 heavy (non-hydrogen) atoms. The van der Waals surface area contributed by atoms with Gasteiger partial charge in [-0.15, -0.1) is 0 Å². The summed E-state index contributed by atoms with van der Waals surface area (Å²) in [6.07, 6.45) is -5.69. The number of alkyl halides is 3. The Hall–Kier alpha value is -2.29. The van der Waals surface area contributed by atoms with Gasteiger partial charge in [-0.2, -0.15) is 13.2 Å². The third kappa shape index (κ3) is 5.41. The van der Waals surface area contributed by atoms with Crippen LogP contribution in [-0.4, -0.2) is 18.9 Å². The summed E-state index contributed by atoms with van der Waals surface area (Å²) in [4.78, 5) is 12.3. The van der Waals surface area contributed by atoms with Crippen LogP contribution in [0.5, 0.6) is 0 Å². The van der Waals surface area contributed by atoms with E-state index < -0.39 is 50.2 Å². The maximum absolute atomic E-state index is 13.6. The Morgan fingerprint density at radius 3 is 1.79 bits per heavy atom. The third-order valence-electron chi connectivity index (χ3n) is 4.32. The molecule has 9 heteroatoms. The van der Waals surface area contributed by atoms with Gasteiger partial charge < -0.3 is 0 Å². The van der Waals surface area contributed by atoms with Crippen LogP contribution in [0, 0.1) is 11.6 Å². The van der Waals surface area contributed by atoms with E-state index in [0.717, 1.165) is 0 Å². The maximum Gasteiger partial charge on any atom is 0.422 e. The first-order valence-corrected chi connectivity index (χ1v) is 10.2. The summed E-state index contributed by atoms with van der Waals surface area (Å²) in [5.74, 6) is -4.37. The van der Waals surface area contributed by atoms with Crippen LogP contribution in [0.3, 0.4) is 0 Å². The first-order valence-electron chi connectivity index (χ1n) is 8.51. The zero-order chi connectivity index (χ0) is 22.2. The molecule has 2 rings (SSSR count). The normalized spacial score (nSPS) is 12.8. The van der Waals surface area contributed by atoms with Crippen molar-refractivity contribution in [1.82, 2.24) is 0 Å². The Morgan fingerprint density at radius 2 is 1.38 bits per heavy atom. The van der Waals surface area contributed by atoms with E-state index in [2.05, 4.69) is 0 Å². The quantitative estimate of drug-likeness (QED) is 0.485. The fourth-order valence-corrected chi connectivity index (χ4v) is 3.57. The van der Waals surface area contributed by atoms with E-state index in [1.165, 1.54) is 24.3 Å². The second kappa shape index (κ2) is 7.85. The molecule has 0 aliphatic heterocycles. The SMILES string of the molecule is CC(C)(C)S(=O)(=O)Cc1ccc(C(=O)Cc2cc(F)c(C(F)(F)F)c(F)c2)cc1. The van der Waals surface area contributed by atoms with Gasteiger partial charge in [0.05, 0.1) is 10.5 Å². The minimum absolute atomic E-state index is 0.141. The molecule has 0 unspecified atom stereocenters. The zero-order valence-electron chi connectivity index (χ0n) is 15.9. The summed E-state index contributed by atoms with van der Waals surface area (Å²) in [5.41, 5.74) is -1.64. The fraction of sp³-hybridized carbons (Fsp3) is 0.350. The van der Waals surface area contributed by atoms with Gasteiger partial charge in [0.2, 0.25) is 0 Å². The molecular weight excluding hydrogens is 415 g/mol. The molecule has 0 radical (unpaired) electrons. The molecule has 0 atom stereocenters. The second-order valence-electron chi connectivity index (χ2n) is 7.60. The smallest absolute Gasteiger partial charge is 0.294 e. The van der Waals surface area contributed by atoms with E-state index >= 15 is 0 Å². The van der Waals surface area contributed by atoms with Crippen molar-refractivity contribution in [3.8, 4) is 0 Å². The van der Waals surface area contributed by atoms with E-state index in [1.54, 1.807) is 20.8 Å². The van der Waals surface area contributed by atoms with Crippen LogP contribution in [0.2, 0.25) is 0 Å². The average molecular weight is 434 g/mol. The van der Waals surface area contributed by atoms with E-state index in [1.807, 2.05) is 0 Å². The lowest BCUT2D eigenvalue weighted by atomic mass is 10.0. The predicted molar refractivity (Wildman–Crippen MR) is 98.2 cm³/mol. The Bertz CT molecular complexity index is 995. The highest BCUT2D eigenvalue weighted by molar-refractivity contribution is 7.91. The molecule has 0 aromatic heterocycles. The van der Waals surface area contributed by atoms with Crippen LogP contribution in [0.25, 0.3) is 0 Å². The van der Waals surface area contributed by atoms with E-state index in [0.29, 0.717) is 17.7 Å². The number of ketones is 1. The molecule has 0 fully saturated rings. The minimum Gasteiger partial charge on any atom is -0.294 e. The van der Waals surface area contributed by atoms with Crippen LogP contribution < -0.4 is 0 Å². The van der Waals surface area contributed by atoms with Crippen LogP contribution >= 0.6 is 0 Å². The van der Waals surface area contributed by atoms with Crippen molar-refractivity contribution in [1.29, 1.82) is 0 Å². The topological polar surface area (TPSA) is 51.2 Å². The first kappa shape index (κ1) is 23.0. The van der Waals surface area contributed by atoms with Crippen molar-refractivity contribution in [3.05, 3.63) is 70.3 Å². The largest absolute Gasteiger partial charge is 0.422 e. The molecule has 0 bridgehead atoms. The lowest BCUT2D eigenvalue weighted by molar-refractivity contribution is -0.142. The fourth-order valence-electron chi connectivity index (χ4n) is 2.51. The monoisotopic (exact) mass is 434 g/mol. The van der Waals surface area contributed by atoms with Gasteiger partial charge in [0, 0.05) is 12.0 Å². The van der Waals surface area contributed by atoms with E-state index in [4.69, 9.17) is 0 Å². The zero-order valence-corrected chi connectivity index (χ0v) is 16.7. The number of rotatable bonds is 5. The number of benzene rings is 2. The molecule has 2 aromatic carbocycles. The minimum atomic E-state index is -5.18. The van der Waals surface area contributed by atoms with Crippen LogP contribution in [0.4, 0.5) is 22.0 Å². The Morgan fingerprint density at radius 1 is 0.897 bits per heavy atom. The maximum atomic E-state index is 13.6. The molecule has 0 aliphatic rings. The molecule has 0 spiro atoms. The van der Waals surface area contributed by atoms with Crippen LogP contribution in [0.1, 0.15) is 47.8 Å². The summed E-state index contributed by atoms with van der Waals surface area (Å²) in [7, 11) is -3.42.